The van der Waals surface area contributed by atoms with Crippen molar-refractivity contribution in [3.63, 3.8) is 0 Å². The van der Waals surface area contributed by atoms with Gasteiger partial charge in [-0.05, 0) is 26.0 Å². The molecule has 0 bridgehead atoms. The number of rotatable bonds is 3. The molecule has 1 aliphatic heterocycles. The van der Waals surface area contributed by atoms with Gasteiger partial charge in [0.25, 0.3) is 0 Å². The van der Waals surface area contributed by atoms with Crippen LogP contribution >= 0.6 is 34.5 Å². The van der Waals surface area contributed by atoms with E-state index in [1.54, 1.807) is 12.1 Å². The van der Waals surface area contributed by atoms with E-state index in [1.807, 2.05) is 19.1 Å². The highest BCUT2D eigenvalue weighted by Gasteiger charge is 2.29. The number of nitrogens with two attached hydrogens (primary N) is 1. The van der Waals surface area contributed by atoms with Crippen molar-refractivity contribution in [3.05, 3.63) is 44.8 Å². The van der Waals surface area contributed by atoms with Crippen molar-refractivity contribution in [2.75, 3.05) is 24.7 Å². The third-order valence-electron chi connectivity index (χ3n) is 4.40. The summed E-state index contributed by atoms with van der Waals surface area (Å²) in [5.41, 5.74) is 9.01. The number of nitrogens with zero attached hydrogens (tertiary/aromatic N) is 2. The van der Waals surface area contributed by atoms with Gasteiger partial charge in [0.05, 0.1) is 29.7 Å². The maximum Gasteiger partial charge on any atom is 0.111 e. The summed E-state index contributed by atoms with van der Waals surface area (Å²) in [5.74, 6) is 0. The first kappa shape index (κ1) is 19.1. The third kappa shape index (κ3) is 3.43. The number of hydrogen-bond acceptors (Lipinski definition) is 5. The number of halogens is 2. The van der Waals surface area contributed by atoms with Crippen molar-refractivity contribution in [1.29, 1.82) is 5.26 Å². The van der Waals surface area contributed by atoms with E-state index in [0.717, 1.165) is 27.5 Å². The number of benzene rings is 1. The summed E-state index contributed by atoms with van der Waals surface area (Å²) in [6.45, 7) is 5.98. The van der Waals surface area contributed by atoms with E-state index < -0.39 is 0 Å². The van der Waals surface area contributed by atoms with E-state index >= 15 is 0 Å². The Morgan fingerprint density at radius 1 is 1.46 bits per heavy atom. The number of nitriles is 1. The molecule has 0 radical (unpaired) electrons. The smallest absolute Gasteiger partial charge is 0.111 e. The van der Waals surface area contributed by atoms with Crippen LogP contribution in [0.4, 0.5) is 5.00 Å². The highest BCUT2D eigenvalue weighted by atomic mass is 35.5. The Hall–Kier alpha value is -1.71. The summed E-state index contributed by atoms with van der Waals surface area (Å²) >= 11 is 14.0. The molecule has 0 spiro atoms. The van der Waals surface area contributed by atoms with Gasteiger partial charge in [-0.3, -0.25) is 0 Å². The van der Waals surface area contributed by atoms with Crippen LogP contribution in [0, 0.1) is 11.3 Å². The van der Waals surface area contributed by atoms with Gasteiger partial charge < -0.3 is 15.4 Å². The molecule has 2 N–H and O–H groups in total. The molecule has 0 saturated carbocycles. The molecule has 1 aromatic carbocycles. The second-order valence-electron chi connectivity index (χ2n) is 6.08. The monoisotopic (exact) mass is 407 g/mol. The fourth-order valence-corrected chi connectivity index (χ4v) is 4.92. The van der Waals surface area contributed by atoms with Gasteiger partial charge in [0.2, 0.25) is 0 Å². The lowest BCUT2D eigenvalue weighted by molar-refractivity contribution is 0.0993. The predicted octanol–water partition coefficient (Wildman–Crippen LogP) is 5.14. The maximum absolute atomic E-state index is 9.96. The Bertz CT molecular complexity index is 901. The van der Waals surface area contributed by atoms with Crippen LogP contribution in [0.15, 0.2) is 24.3 Å². The van der Waals surface area contributed by atoms with E-state index in [1.165, 1.54) is 11.3 Å². The molecule has 2 aromatic rings. The first-order valence-electron chi connectivity index (χ1n) is 8.26. The van der Waals surface area contributed by atoms with Crippen molar-refractivity contribution in [3.8, 4) is 17.2 Å². The molecule has 2 heterocycles. The molecule has 0 aliphatic carbocycles. The second kappa shape index (κ2) is 7.89. The van der Waals surface area contributed by atoms with Gasteiger partial charge in [-0.2, -0.15) is 5.26 Å². The Labute approximate surface area is 167 Å². The number of hydrogen-bond donors (Lipinski definition) is 1. The first-order chi connectivity index (χ1) is 12.5. The maximum atomic E-state index is 9.96. The van der Waals surface area contributed by atoms with Gasteiger partial charge in [0, 0.05) is 33.4 Å². The number of morpholine rings is 1. The van der Waals surface area contributed by atoms with E-state index in [9.17, 15) is 5.26 Å². The van der Waals surface area contributed by atoms with Crippen LogP contribution in [0.1, 0.15) is 24.3 Å². The van der Waals surface area contributed by atoms with Crippen LogP contribution < -0.4 is 10.6 Å². The number of anilines is 1. The van der Waals surface area contributed by atoms with Gasteiger partial charge in [-0.1, -0.05) is 35.3 Å². The van der Waals surface area contributed by atoms with E-state index in [-0.39, 0.29) is 6.04 Å². The molecule has 1 fully saturated rings. The highest BCUT2D eigenvalue weighted by molar-refractivity contribution is 7.18. The first-order valence-corrected chi connectivity index (χ1v) is 9.84. The molecular formula is C19H19Cl2N3OS. The van der Waals surface area contributed by atoms with Crippen molar-refractivity contribution in [2.45, 2.75) is 19.9 Å². The second-order valence-corrected chi connectivity index (χ2v) is 7.93. The zero-order chi connectivity index (χ0) is 18.8. The van der Waals surface area contributed by atoms with Crippen molar-refractivity contribution < 1.29 is 4.74 Å². The van der Waals surface area contributed by atoms with Crippen molar-refractivity contribution in [1.82, 2.24) is 0 Å². The normalized spacial score (nSPS) is 18.0. The fraction of sp³-hybridized carbons (Fsp3) is 0.316. The number of allylic oxidation sites excluding steroid dienone is 1. The van der Waals surface area contributed by atoms with Gasteiger partial charge in [0.15, 0.2) is 0 Å². The third-order valence-corrected chi connectivity index (χ3v) is 6.23. The average Bonchev–Trinajstić information content (AvgIpc) is 3.00. The lowest BCUT2D eigenvalue weighted by atomic mass is 10.00. The van der Waals surface area contributed by atoms with Gasteiger partial charge in [-0.15, -0.1) is 11.3 Å². The quantitative estimate of drug-likeness (QED) is 0.764. The molecule has 136 valence electrons. The molecule has 26 heavy (non-hydrogen) atoms. The van der Waals surface area contributed by atoms with Crippen LogP contribution in [0.25, 0.3) is 16.8 Å². The molecule has 0 unspecified atom stereocenters. The summed E-state index contributed by atoms with van der Waals surface area (Å²) in [6.07, 6.45) is 1.84. The predicted molar refractivity (Wildman–Crippen MR) is 110 cm³/mol. The molecule has 3 rings (SSSR count). The summed E-state index contributed by atoms with van der Waals surface area (Å²) in [6, 6.07) is 7.85. The number of thiophene rings is 1. The van der Waals surface area contributed by atoms with Crippen LogP contribution in [0.5, 0.6) is 0 Å². The van der Waals surface area contributed by atoms with Crippen LogP contribution in [0.3, 0.4) is 0 Å². The molecule has 7 heteroatoms. The lowest BCUT2D eigenvalue weighted by Gasteiger charge is -2.34. The Balaban J connectivity index is 2.26. The molecule has 1 aliphatic rings. The van der Waals surface area contributed by atoms with E-state index in [4.69, 9.17) is 33.7 Å². The minimum atomic E-state index is 0.183. The van der Waals surface area contributed by atoms with Crippen LogP contribution in [-0.4, -0.2) is 25.8 Å². The minimum Gasteiger partial charge on any atom is -0.398 e. The van der Waals surface area contributed by atoms with E-state index in [0.29, 0.717) is 34.5 Å². The van der Waals surface area contributed by atoms with Gasteiger partial charge in [0.1, 0.15) is 11.1 Å². The number of ether oxygens (including phenoxy) is 1. The minimum absolute atomic E-state index is 0.183. The Morgan fingerprint density at radius 3 is 2.85 bits per heavy atom. The van der Waals surface area contributed by atoms with Gasteiger partial charge in [-0.25, -0.2) is 0 Å². The SMILES string of the molecule is CC=C(N)c1sc(N2CCOC[C@@H]2C)c(C#N)c1-c1ccc(Cl)cc1Cl. The largest absolute Gasteiger partial charge is 0.398 e. The molecule has 0 amide bonds. The molecular weight excluding hydrogens is 389 g/mol. The zero-order valence-electron chi connectivity index (χ0n) is 14.6. The molecule has 4 nitrogen and oxygen atoms in total. The van der Waals surface area contributed by atoms with Crippen LogP contribution in [-0.2, 0) is 4.74 Å². The topological polar surface area (TPSA) is 62.3 Å². The molecule has 1 aromatic heterocycles. The van der Waals surface area contributed by atoms with Crippen molar-refractivity contribution in [2.24, 2.45) is 5.73 Å². The fourth-order valence-electron chi connectivity index (χ4n) is 3.04. The molecule has 1 saturated heterocycles. The van der Waals surface area contributed by atoms with Crippen molar-refractivity contribution >= 4 is 45.2 Å². The lowest BCUT2D eigenvalue weighted by Crippen LogP contribution is -2.43. The summed E-state index contributed by atoms with van der Waals surface area (Å²) in [4.78, 5) is 3.06. The Kier molecular flexibility index (Phi) is 5.79. The Morgan fingerprint density at radius 2 is 2.23 bits per heavy atom. The standard InChI is InChI=1S/C19H19Cl2N3OS/c1-3-16(23)18-17(13-5-4-12(20)8-15(13)21)14(9-22)19(26-18)24-6-7-25-10-11(24)2/h3-5,8,11H,6-7,10,23H2,1-2H3/t11-/m0/s1. The average molecular weight is 408 g/mol. The van der Waals surface area contributed by atoms with E-state index in [2.05, 4.69) is 17.9 Å². The summed E-state index contributed by atoms with van der Waals surface area (Å²) < 4.78 is 5.54. The highest BCUT2D eigenvalue weighted by Crippen LogP contribution is 2.46. The van der Waals surface area contributed by atoms with Crippen LogP contribution in [0.2, 0.25) is 10.0 Å². The summed E-state index contributed by atoms with van der Waals surface area (Å²) in [7, 11) is 0. The van der Waals surface area contributed by atoms with Gasteiger partial charge >= 0.3 is 0 Å². The summed E-state index contributed by atoms with van der Waals surface area (Å²) in [5, 5.41) is 11.9. The zero-order valence-corrected chi connectivity index (χ0v) is 16.9. The molecule has 1 atom stereocenters.